The van der Waals surface area contributed by atoms with Gasteiger partial charge in [0.05, 0.1) is 6.10 Å². The number of nitrogens with one attached hydrogen (secondary N) is 1. The number of amides is 1. The Hall–Kier alpha value is -0.610. The summed E-state index contributed by atoms with van der Waals surface area (Å²) in [5, 5.41) is 3.29. The van der Waals surface area contributed by atoms with Crippen LogP contribution in [0.5, 0.6) is 0 Å². The predicted molar refractivity (Wildman–Crippen MR) is 75.8 cm³/mol. The first kappa shape index (κ1) is 14.8. The third-order valence-electron chi connectivity index (χ3n) is 4.80. The molecule has 0 aromatic rings. The Morgan fingerprint density at radius 2 is 2.16 bits per heavy atom. The van der Waals surface area contributed by atoms with Crippen LogP contribution < -0.4 is 11.1 Å². The van der Waals surface area contributed by atoms with Gasteiger partial charge in [-0.3, -0.25) is 4.79 Å². The van der Waals surface area contributed by atoms with Crippen molar-refractivity contribution in [3.8, 4) is 0 Å². The average molecular weight is 268 g/mol. The maximum Gasteiger partial charge on any atom is 0.237 e. The predicted octanol–water partition coefficient (Wildman–Crippen LogP) is 1.97. The Kier molecular flexibility index (Phi) is 5.22. The third-order valence-corrected chi connectivity index (χ3v) is 4.80. The van der Waals surface area contributed by atoms with Crippen LogP contribution in [0.2, 0.25) is 0 Å². The first-order valence-corrected chi connectivity index (χ1v) is 7.83. The van der Waals surface area contributed by atoms with Crippen LogP contribution in [0.4, 0.5) is 0 Å². The van der Waals surface area contributed by atoms with E-state index in [0.717, 1.165) is 44.8 Å². The summed E-state index contributed by atoms with van der Waals surface area (Å²) in [5.74, 6) is 0.667. The summed E-state index contributed by atoms with van der Waals surface area (Å²) >= 11 is 0. The summed E-state index contributed by atoms with van der Waals surface area (Å²) < 4.78 is 5.99. The molecule has 0 saturated heterocycles. The number of carbonyl (C=O) groups excluding carboxylic acids is 1. The maximum absolute atomic E-state index is 11.8. The SMILES string of the molecule is CCNC1(C(N)=O)CCCC(OCCC2CCC2)C1. The number of rotatable bonds is 7. The van der Waals surface area contributed by atoms with Crippen molar-refractivity contribution < 1.29 is 9.53 Å². The van der Waals surface area contributed by atoms with Crippen LogP contribution in [0.15, 0.2) is 0 Å². The fourth-order valence-electron chi connectivity index (χ4n) is 3.36. The molecule has 2 atom stereocenters. The molecule has 2 rings (SSSR count). The van der Waals surface area contributed by atoms with Gasteiger partial charge in [-0.15, -0.1) is 0 Å². The molecule has 2 aliphatic rings. The van der Waals surface area contributed by atoms with Gasteiger partial charge in [-0.2, -0.15) is 0 Å². The highest BCUT2D eigenvalue weighted by atomic mass is 16.5. The minimum Gasteiger partial charge on any atom is -0.378 e. The van der Waals surface area contributed by atoms with Crippen LogP contribution in [0.25, 0.3) is 0 Å². The van der Waals surface area contributed by atoms with Gasteiger partial charge in [-0.05, 0) is 38.1 Å². The standard InChI is InChI=1S/C15H28N2O2/c1-2-17-15(14(16)18)9-4-7-13(11-15)19-10-8-12-5-3-6-12/h12-13,17H,2-11H2,1H3,(H2,16,18). The van der Waals surface area contributed by atoms with Gasteiger partial charge in [0.25, 0.3) is 0 Å². The second-order valence-corrected chi connectivity index (χ2v) is 6.15. The average Bonchev–Trinajstić information content (AvgIpc) is 2.33. The molecule has 2 saturated carbocycles. The van der Waals surface area contributed by atoms with E-state index >= 15 is 0 Å². The molecule has 0 spiro atoms. The number of hydrogen-bond acceptors (Lipinski definition) is 3. The number of hydrogen-bond donors (Lipinski definition) is 2. The van der Waals surface area contributed by atoms with Gasteiger partial charge in [-0.25, -0.2) is 0 Å². The first-order chi connectivity index (χ1) is 9.16. The summed E-state index contributed by atoms with van der Waals surface area (Å²) in [5.41, 5.74) is 5.07. The monoisotopic (exact) mass is 268 g/mol. The summed E-state index contributed by atoms with van der Waals surface area (Å²) in [6.07, 6.45) is 9.17. The van der Waals surface area contributed by atoms with E-state index in [2.05, 4.69) is 5.32 Å². The molecular weight excluding hydrogens is 240 g/mol. The largest absolute Gasteiger partial charge is 0.378 e. The van der Waals surface area contributed by atoms with Crippen LogP contribution in [0.1, 0.15) is 58.3 Å². The molecule has 0 aromatic carbocycles. The topological polar surface area (TPSA) is 64.3 Å². The van der Waals surface area contributed by atoms with Crippen LogP contribution in [-0.2, 0) is 9.53 Å². The summed E-state index contributed by atoms with van der Waals surface area (Å²) in [6, 6.07) is 0. The van der Waals surface area contributed by atoms with Crippen LogP contribution in [0, 0.1) is 5.92 Å². The lowest BCUT2D eigenvalue weighted by atomic mass is 9.79. The van der Waals surface area contributed by atoms with Crippen molar-refractivity contribution in [1.29, 1.82) is 0 Å². The van der Waals surface area contributed by atoms with Crippen molar-refractivity contribution in [2.45, 2.75) is 69.9 Å². The van der Waals surface area contributed by atoms with Crippen molar-refractivity contribution >= 4 is 5.91 Å². The van der Waals surface area contributed by atoms with Crippen LogP contribution in [0.3, 0.4) is 0 Å². The van der Waals surface area contributed by atoms with Crippen LogP contribution in [-0.4, -0.2) is 30.7 Å². The second kappa shape index (κ2) is 6.71. The molecule has 0 heterocycles. The lowest BCUT2D eigenvalue weighted by Crippen LogP contribution is -2.58. The molecule has 4 nitrogen and oxygen atoms in total. The number of nitrogens with two attached hydrogens (primary N) is 1. The van der Waals surface area contributed by atoms with Gasteiger partial charge in [-0.1, -0.05) is 26.2 Å². The van der Waals surface area contributed by atoms with E-state index < -0.39 is 5.54 Å². The molecule has 110 valence electrons. The Bertz CT molecular complexity index is 301. The minimum atomic E-state index is -0.534. The van der Waals surface area contributed by atoms with Gasteiger partial charge in [0.15, 0.2) is 0 Å². The molecule has 2 fully saturated rings. The molecule has 4 heteroatoms. The molecule has 0 aromatic heterocycles. The number of likely N-dealkylation sites (N-methyl/N-ethyl adjacent to an activating group) is 1. The molecule has 2 aliphatic carbocycles. The lowest BCUT2D eigenvalue weighted by Gasteiger charge is -2.39. The highest BCUT2D eigenvalue weighted by molar-refractivity contribution is 5.84. The molecule has 0 radical (unpaired) electrons. The number of carbonyl (C=O) groups is 1. The van der Waals surface area contributed by atoms with Gasteiger partial charge in [0.2, 0.25) is 5.91 Å². The Labute approximate surface area is 116 Å². The molecule has 19 heavy (non-hydrogen) atoms. The number of ether oxygens (including phenoxy) is 1. The fourth-order valence-corrected chi connectivity index (χ4v) is 3.36. The Morgan fingerprint density at radius 1 is 1.37 bits per heavy atom. The summed E-state index contributed by atoms with van der Waals surface area (Å²) in [4.78, 5) is 11.8. The quantitative estimate of drug-likeness (QED) is 0.742. The van der Waals surface area contributed by atoms with E-state index in [-0.39, 0.29) is 12.0 Å². The van der Waals surface area contributed by atoms with Crippen molar-refractivity contribution in [1.82, 2.24) is 5.32 Å². The fraction of sp³-hybridized carbons (Fsp3) is 0.933. The molecule has 0 aliphatic heterocycles. The zero-order chi connectivity index (χ0) is 13.7. The van der Waals surface area contributed by atoms with E-state index in [1.54, 1.807) is 0 Å². The normalized spacial score (nSPS) is 31.9. The lowest BCUT2D eigenvalue weighted by molar-refractivity contribution is -0.128. The third kappa shape index (κ3) is 3.69. The summed E-state index contributed by atoms with van der Waals surface area (Å²) in [6.45, 7) is 3.64. The molecule has 3 N–H and O–H groups in total. The second-order valence-electron chi connectivity index (χ2n) is 6.15. The Morgan fingerprint density at radius 3 is 2.74 bits per heavy atom. The highest BCUT2D eigenvalue weighted by Crippen LogP contribution is 2.32. The zero-order valence-electron chi connectivity index (χ0n) is 12.1. The van der Waals surface area contributed by atoms with E-state index in [1.807, 2.05) is 6.92 Å². The number of primary amides is 1. The highest BCUT2D eigenvalue weighted by Gasteiger charge is 2.41. The molecule has 2 unspecified atom stereocenters. The van der Waals surface area contributed by atoms with E-state index in [4.69, 9.17) is 10.5 Å². The molecule has 1 amide bonds. The molecule has 0 bridgehead atoms. The van der Waals surface area contributed by atoms with Gasteiger partial charge < -0.3 is 15.8 Å². The smallest absolute Gasteiger partial charge is 0.237 e. The van der Waals surface area contributed by atoms with Crippen molar-refractivity contribution in [3.63, 3.8) is 0 Å². The van der Waals surface area contributed by atoms with Crippen LogP contribution >= 0.6 is 0 Å². The van der Waals surface area contributed by atoms with Gasteiger partial charge in [0.1, 0.15) is 5.54 Å². The van der Waals surface area contributed by atoms with Gasteiger partial charge >= 0.3 is 0 Å². The zero-order valence-corrected chi connectivity index (χ0v) is 12.1. The summed E-state index contributed by atoms with van der Waals surface area (Å²) in [7, 11) is 0. The minimum absolute atomic E-state index is 0.195. The van der Waals surface area contributed by atoms with E-state index in [0.29, 0.717) is 0 Å². The van der Waals surface area contributed by atoms with E-state index in [9.17, 15) is 4.79 Å². The molecular formula is C15H28N2O2. The van der Waals surface area contributed by atoms with Gasteiger partial charge in [0, 0.05) is 13.0 Å². The maximum atomic E-state index is 11.8. The van der Waals surface area contributed by atoms with E-state index in [1.165, 1.54) is 25.7 Å². The first-order valence-electron chi connectivity index (χ1n) is 7.83. The van der Waals surface area contributed by atoms with Crippen molar-refractivity contribution in [3.05, 3.63) is 0 Å². The Balaban J connectivity index is 1.79. The van der Waals surface area contributed by atoms with Crippen molar-refractivity contribution in [2.24, 2.45) is 11.7 Å². The van der Waals surface area contributed by atoms with Crippen molar-refractivity contribution in [2.75, 3.05) is 13.2 Å².